The van der Waals surface area contributed by atoms with Crippen molar-refractivity contribution in [3.63, 3.8) is 0 Å². The number of rotatable bonds is 8. The van der Waals surface area contributed by atoms with Gasteiger partial charge in [-0.25, -0.2) is 13.1 Å². The molecule has 0 heterocycles. The maximum Gasteiger partial charge on any atom is 0.216 e. The van der Waals surface area contributed by atoms with Gasteiger partial charge >= 0.3 is 0 Å². The molecule has 0 saturated carbocycles. The van der Waals surface area contributed by atoms with Crippen LogP contribution in [0.5, 0.6) is 0 Å². The minimum Gasteiger partial charge on any atom is -0.383 e. The number of hydrogen-bond acceptors (Lipinski definition) is 4. The second-order valence-electron chi connectivity index (χ2n) is 5.53. The molecule has 0 aliphatic rings. The molecule has 1 aromatic rings. The van der Waals surface area contributed by atoms with E-state index in [-0.39, 0.29) is 5.75 Å². The molecule has 0 spiro atoms. The van der Waals surface area contributed by atoms with Gasteiger partial charge in [0.15, 0.2) is 0 Å². The summed E-state index contributed by atoms with van der Waals surface area (Å²) < 4.78 is 32.0. The summed E-state index contributed by atoms with van der Waals surface area (Å²) in [6.45, 7) is 4.64. The first-order valence-corrected chi connectivity index (χ1v) is 8.16. The molecule has 0 radical (unpaired) electrons. The van der Waals surface area contributed by atoms with Gasteiger partial charge in [-0.2, -0.15) is 0 Å². The molecule has 2 N–H and O–H groups in total. The van der Waals surface area contributed by atoms with Gasteiger partial charge in [0.2, 0.25) is 10.0 Å². The van der Waals surface area contributed by atoms with Crippen molar-refractivity contribution in [3.05, 3.63) is 35.4 Å². The fourth-order valence-corrected chi connectivity index (χ4v) is 3.69. The predicted molar refractivity (Wildman–Crippen MR) is 80.9 cm³/mol. The zero-order chi connectivity index (χ0) is 15.2. The minimum atomic E-state index is -3.40. The molecule has 1 aromatic carbocycles. The molecule has 114 valence electrons. The molecule has 5 nitrogen and oxygen atoms in total. The maximum absolute atomic E-state index is 12.2. The summed E-state index contributed by atoms with van der Waals surface area (Å²) in [6.07, 6.45) is 0. The van der Waals surface area contributed by atoms with Gasteiger partial charge in [0.05, 0.1) is 17.9 Å². The summed E-state index contributed by atoms with van der Waals surface area (Å²) in [5.74, 6) is -0.0301. The summed E-state index contributed by atoms with van der Waals surface area (Å²) in [4.78, 5) is 0. The molecular formula is C14H24N2O3S. The van der Waals surface area contributed by atoms with E-state index in [0.29, 0.717) is 6.61 Å². The van der Waals surface area contributed by atoms with E-state index in [0.717, 1.165) is 17.7 Å². The third-order valence-electron chi connectivity index (χ3n) is 2.67. The highest BCUT2D eigenvalue weighted by Gasteiger charge is 2.24. The van der Waals surface area contributed by atoms with Crippen LogP contribution in [0, 0.1) is 0 Å². The first kappa shape index (κ1) is 17.1. The van der Waals surface area contributed by atoms with Crippen LogP contribution in [0.25, 0.3) is 0 Å². The number of nitrogens with one attached hydrogen (secondary N) is 2. The Kier molecular flexibility index (Phi) is 6.13. The molecular weight excluding hydrogens is 276 g/mol. The zero-order valence-electron chi connectivity index (χ0n) is 12.6. The second-order valence-corrected chi connectivity index (χ2v) is 7.25. The summed E-state index contributed by atoms with van der Waals surface area (Å²) in [5.41, 5.74) is 1.23. The number of hydrogen-bond donors (Lipinski definition) is 2. The Morgan fingerprint density at radius 1 is 1.25 bits per heavy atom. The minimum absolute atomic E-state index is 0.0301. The van der Waals surface area contributed by atoms with Crippen molar-refractivity contribution in [1.29, 1.82) is 0 Å². The average Bonchev–Trinajstić information content (AvgIpc) is 2.26. The molecule has 0 atom stereocenters. The summed E-state index contributed by atoms with van der Waals surface area (Å²) >= 11 is 0. The van der Waals surface area contributed by atoms with Crippen LogP contribution >= 0.6 is 0 Å². The van der Waals surface area contributed by atoms with E-state index < -0.39 is 15.6 Å². The third-order valence-corrected chi connectivity index (χ3v) is 4.24. The van der Waals surface area contributed by atoms with Crippen LogP contribution in [0.1, 0.15) is 25.0 Å². The molecule has 0 aliphatic heterocycles. The quantitative estimate of drug-likeness (QED) is 0.758. The molecule has 0 aromatic heterocycles. The molecule has 0 saturated heterocycles. The second kappa shape index (κ2) is 7.17. The topological polar surface area (TPSA) is 67.4 Å². The van der Waals surface area contributed by atoms with Crippen LogP contribution in [0.15, 0.2) is 24.3 Å². The van der Waals surface area contributed by atoms with Gasteiger partial charge in [-0.3, -0.25) is 0 Å². The van der Waals surface area contributed by atoms with E-state index in [9.17, 15) is 8.42 Å². The normalized spacial score (nSPS) is 12.6. The fourth-order valence-electron chi connectivity index (χ4n) is 2.10. The largest absolute Gasteiger partial charge is 0.383 e. The Labute approximate surface area is 121 Å². The van der Waals surface area contributed by atoms with Crippen LogP contribution in [0.4, 0.5) is 0 Å². The maximum atomic E-state index is 12.2. The Bertz CT molecular complexity index is 527. The lowest BCUT2D eigenvalue weighted by molar-refractivity contribution is 0.141. The first-order chi connectivity index (χ1) is 9.28. The monoisotopic (exact) mass is 300 g/mol. The molecule has 0 fully saturated rings. The van der Waals surface area contributed by atoms with Crippen molar-refractivity contribution in [2.45, 2.75) is 31.7 Å². The van der Waals surface area contributed by atoms with Gasteiger partial charge in [0, 0.05) is 13.7 Å². The SMILES string of the molecule is CNCc1cccc(CS(=O)(=O)NC(C)(C)COC)c1. The lowest BCUT2D eigenvalue weighted by Crippen LogP contribution is -2.47. The van der Waals surface area contributed by atoms with E-state index in [1.54, 1.807) is 21.0 Å². The number of sulfonamides is 1. The van der Waals surface area contributed by atoms with Crippen LogP contribution < -0.4 is 10.0 Å². The Balaban J connectivity index is 2.78. The van der Waals surface area contributed by atoms with Gasteiger partial charge in [-0.15, -0.1) is 0 Å². The predicted octanol–water partition coefficient (Wildman–Crippen LogP) is 1.25. The van der Waals surface area contributed by atoms with E-state index in [1.807, 2.05) is 31.3 Å². The van der Waals surface area contributed by atoms with Crippen molar-refractivity contribution in [1.82, 2.24) is 10.0 Å². The highest BCUT2D eigenvalue weighted by atomic mass is 32.2. The van der Waals surface area contributed by atoms with Gasteiger partial charge in [0.1, 0.15) is 0 Å². The first-order valence-electron chi connectivity index (χ1n) is 6.51. The molecule has 6 heteroatoms. The Morgan fingerprint density at radius 2 is 1.90 bits per heavy atom. The van der Waals surface area contributed by atoms with Crippen LogP contribution in [0.2, 0.25) is 0 Å². The lowest BCUT2D eigenvalue weighted by Gasteiger charge is -2.24. The molecule has 0 unspecified atom stereocenters. The summed E-state index contributed by atoms with van der Waals surface area (Å²) in [6, 6.07) is 7.56. The Hall–Kier alpha value is -0.950. The Morgan fingerprint density at radius 3 is 2.50 bits per heavy atom. The molecule has 0 amide bonds. The smallest absolute Gasteiger partial charge is 0.216 e. The van der Waals surface area contributed by atoms with Crippen molar-refractivity contribution in [3.8, 4) is 0 Å². The van der Waals surface area contributed by atoms with E-state index in [4.69, 9.17) is 4.74 Å². The van der Waals surface area contributed by atoms with E-state index >= 15 is 0 Å². The van der Waals surface area contributed by atoms with Crippen molar-refractivity contribution >= 4 is 10.0 Å². The zero-order valence-corrected chi connectivity index (χ0v) is 13.4. The standard InChI is InChI=1S/C14H24N2O3S/c1-14(2,11-19-4)16-20(17,18)10-13-7-5-6-12(8-13)9-15-3/h5-8,15-16H,9-11H2,1-4H3. The number of benzene rings is 1. The van der Waals surface area contributed by atoms with Crippen molar-refractivity contribution in [2.75, 3.05) is 20.8 Å². The van der Waals surface area contributed by atoms with Gasteiger partial charge in [-0.05, 0) is 32.0 Å². The fraction of sp³-hybridized carbons (Fsp3) is 0.571. The number of ether oxygens (including phenoxy) is 1. The third kappa shape index (κ3) is 6.00. The van der Waals surface area contributed by atoms with Crippen LogP contribution in [-0.4, -0.2) is 34.7 Å². The lowest BCUT2D eigenvalue weighted by atomic mass is 10.1. The van der Waals surface area contributed by atoms with Gasteiger partial charge in [0.25, 0.3) is 0 Å². The highest BCUT2D eigenvalue weighted by Crippen LogP contribution is 2.12. The van der Waals surface area contributed by atoms with Crippen LogP contribution in [0.3, 0.4) is 0 Å². The van der Waals surface area contributed by atoms with Gasteiger partial charge in [-0.1, -0.05) is 24.3 Å². The average molecular weight is 300 g/mol. The van der Waals surface area contributed by atoms with Crippen LogP contribution in [-0.2, 0) is 27.1 Å². The molecule has 0 bridgehead atoms. The van der Waals surface area contributed by atoms with Crippen molar-refractivity contribution < 1.29 is 13.2 Å². The van der Waals surface area contributed by atoms with E-state index in [1.165, 1.54) is 0 Å². The molecule has 0 aliphatic carbocycles. The van der Waals surface area contributed by atoms with Crippen molar-refractivity contribution in [2.24, 2.45) is 0 Å². The highest BCUT2D eigenvalue weighted by molar-refractivity contribution is 7.88. The van der Waals surface area contributed by atoms with E-state index in [2.05, 4.69) is 10.0 Å². The number of methoxy groups -OCH3 is 1. The summed E-state index contributed by atoms with van der Waals surface area (Å²) in [5, 5.41) is 3.05. The molecule has 20 heavy (non-hydrogen) atoms. The summed E-state index contributed by atoms with van der Waals surface area (Å²) in [7, 11) is 0.0156. The molecule has 1 rings (SSSR count). The van der Waals surface area contributed by atoms with Gasteiger partial charge < -0.3 is 10.1 Å².